The number of aromatic nitrogens is 2. The van der Waals surface area contributed by atoms with E-state index >= 15 is 0 Å². The lowest BCUT2D eigenvalue weighted by atomic mass is 10.3. The summed E-state index contributed by atoms with van der Waals surface area (Å²) in [4.78, 5) is 8.92. The number of nitrogens with one attached hydrogen (secondary N) is 1. The zero-order valence-corrected chi connectivity index (χ0v) is 12.0. The second kappa shape index (κ2) is 5.65. The van der Waals surface area contributed by atoms with Gasteiger partial charge >= 0.3 is 0 Å². The van der Waals surface area contributed by atoms with Crippen molar-refractivity contribution >= 4 is 39.9 Å². The Balaban J connectivity index is 1.77. The molecule has 3 rings (SSSR count). The third-order valence-electron chi connectivity index (χ3n) is 2.89. The minimum Gasteiger partial charge on any atom is -0.379 e. The van der Waals surface area contributed by atoms with Crippen LogP contribution < -0.4 is 5.32 Å². The van der Waals surface area contributed by atoms with Gasteiger partial charge in [0.2, 0.25) is 0 Å². The van der Waals surface area contributed by atoms with Crippen molar-refractivity contribution in [1.82, 2.24) is 9.97 Å². The molecule has 5 heteroatoms. The van der Waals surface area contributed by atoms with Gasteiger partial charge in [0.25, 0.3) is 0 Å². The molecule has 1 heterocycles. The maximum absolute atomic E-state index is 5.97. The molecule has 0 saturated carbocycles. The molecule has 3 aromatic rings. The summed E-state index contributed by atoms with van der Waals surface area (Å²) in [6.07, 6.45) is 1.77. The van der Waals surface area contributed by atoms with E-state index in [-0.39, 0.29) is 0 Å². The second-order valence-electron chi connectivity index (χ2n) is 4.33. The molecule has 100 valence electrons. The molecule has 0 aliphatic heterocycles. The van der Waals surface area contributed by atoms with Crippen LogP contribution in [0.4, 0.5) is 5.69 Å². The van der Waals surface area contributed by atoms with E-state index in [9.17, 15) is 0 Å². The van der Waals surface area contributed by atoms with Gasteiger partial charge in [0.05, 0.1) is 39.5 Å². The summed E-state index contributed by atoms with van der Waals surface area (Å²) in [5.74, 6) is 0. The molecule has 1 aromatic heterocycles. The summed E-state index contributed by atoms with van der Waals surface area (Å²) in [5, 5.41) is 4.32. The van der Waals surface area contributed by atoms with Crippen LogP contribution >= 0.6 is 23.2 Å². The molecular formula is C15H11Cl2N3. The van der Waals surface area contributed by atoms with Crippen molar-refractivity contribution in [2.24, 2.45) is 0 Å². The highest BCUT2D eigenvalue weighted by molar-refractivity contribution is 6.42. The second-order valence-corrected chi connectivity index (χ2v) is 5.15. The first kappa shape index (κ1) is 13.2. The summed E-state index contributed by atoms with van der Waals surface area (Å²) in [6, 6.07) is 13.2. The number of hydrogen-bond donors (Lipinski definition) is 1. The lowest BCUT2D eigenvalue weighted by Gasteiger charge is -2.07. The van der Waals surface area contributed by atoms with Gasteiger partial charge in [-0.2, -0.15) is 0 Å². The summed E-state index contributed by atoms with van der Waals surface area (Å²) in [7, 11) is 0. The average molecular weight is 304 g/mol. The highest BCUT2D eigenvalue weighted by Crippen LogP contribution is 2.25. The molecule has 0 atom stereocenters. The number of rotatable bonds is 3. The number of anilines is 1. The van der Waals surface area contributed by atoms with Crippen molar-refractivity contribution < 1.29 is 0 Å². The van der Waals surface area contributed by atoms with Gasteiger partial charge in [0.1, 0.15) is 0 Å². The van der Waals surface area contributed by atoms with Crippen LogP contribution in [0.2, 0.25) is 10.0 Å². The van der Waals surface area contributed by atoms with Gasteiger partial charge in [-0.3, -0.25) is 4.98 Å². The maximum Gasteiger partial charge on any atom is 0.0890 e. The largest absolute Gasteiger partial charge is 0.379 e. The van der Waals surface area contributed by atoms with E-state index in [1.165, 1.54) is 0 Å². The van der Waals surface area contributed by atoms with Gasteiger partial charge < -0.3 is 5.32 Å². The number of fused-ring (bicyclic) bond motifs is 1. The van der Waals surface area contributed by atoms with Crippen LogP contribution in [0.5, 0.6) is 0 Å². The van der Waals surface area contributed by atoms with Crippen LogP contribution in [0, 0.1) is 0 Å². The molecule has 0 amide bonds. The SMILES string of the molecule is Clc1ccc(NCc2cnc3ccccc3n2)cc1Cl. The molecule has 0 bridgehead atoms. The normalized spacial score (nSPS) is 10.7. The van der Waals surface area contributed by atoms with Crippen LogP contribution in [0.25, 0.3) is 11.0 Å². The van der Waals surface area contributed by atoms with Gasteiger partial charge in [-0.15, -0.1) is 0 Å². The molecule has 0 saturated heterocycles. The van der Waals surface area contributed by atoms with Crippen molar-refractivity contribution in [1.29, 1.82) is 0 Å². The van der Waals surface area contributed by atoms with E-state index in [2.05, 4.69) is 15.3 Å². The Kier molecular flexibility index (Phi) is 3.72. The number of hydrogen-bond acceptors (Lipinski definition) is 3. The van der Waals surface area contributed by atoms with Crippen molar-refractivity contribution in [3.05, 3.63) is 64.4 Å². The van der Waals surface area contributed by atoms with Gasteiger partial charge in [0, 0.05) is 5.69 Å². The first-order chi connectivity index (χ1) is 9.72. The summed E-state index contributed by atoms with van der Waals surface area (Å²) >= 11 is 11.9. The topological polar surface area (TPSA) is 37.8 Å². The minimum absolute atomic E-state index is 0.529. The Bertz CT molecular complexity index is 759. The molecule has 0 radical (unpaired) electrons. The molecule has 1 N–H and O–H groups in total. The minimum atomic E-state index is 0.529. The Morgan fingerprint density at radius 1 is 0.950 bits per heavy atom. The first-order valence-electron chi connectivity index (χ1n) is 6.12. The Morgan fingerprint density at radius 2 is 1.75 bits per heavy atom. The lowest BCUT2D eigenvalue weighted by molar-refractivity contribution is 1.04. The Morgan fingerprint density at radius 3 is 2.55 bits per heavy atom. The quantitative estimate of drug-likeness (QED) is 0.771. The van der Waals surface area contributed by atoms with Crippen LogP contribution in [0.15, 0.2) is 48.7 Å². The number of para-hydroxylation sites is 2. The predicted molar refractivity (Wildman–Crippen MR) is 83.3 cm³/mol. The van der Waals surface area contributed by atoms with E-state index in [0.29, 0.717) is 16.6 Å². The Labute approximate surface area is 126 Å². The van der Waals surface area contributed by atoms with Crippen molar-refractivity contribution in [2.75, 3.05) is 5.32 Å². The monoisotopic (exact) mass is 303 g/mol. The van der Waals surface area contributed by atoms with E-state index in [4.69, 9.17) is 23.2 Å². The van der Waals surface area contributed by atoms with Crippen molar-refractivity contribution in [2.45, 2.75) is 6.54 Å². The van der Waals surface area contributed by atoms with E-state index in [1.807, 2.05) is 30.3 Å². The maximum atomic E-state index is 5.97. The fourth-order valence-electron chi connectivity index (χ4n) is 1.88. The molecular weight excluding hydrogens is 293 g/mol. The Hall–Kier alpha value is -1.84. The number of benzene rings is 2. The van der Waals surface area contributed by atoms with Gasteiger partial charge in [-0.05, 0) is 30.3 Å². The highest BCUT2D eigenvalue weighted by Gasteiger charge is 2.02. The van der Waals surface area contributed by atoms with E-state index < -0.39 is 0 Å². The van der Waals surface area contributed by atoms with Crippen molar-refractivity contribution in [3.63, 3.8) is 0 Å². The van der Waals surface area contributed by atoms with Gasteiger partial charge in [-0.25, -0.2) is 4.98 Å². The highest BCUT2D eigenvalue weighted by atomic mass is 35.5. The van der Waals surface area contributed by atoms with E-state index in [0.717, 1.165) is 22.4 Å². The molecule has 0 spiro atoms. The fourth-order valence-corrected chi connectivity index (χ4v) is 2.18. The van der Waals surface area contributed by atoms with Crippen LogP contribution in [-0.2, 0) is 6.54 Å². The average Bonchev–Trinajstić information content (AvgIpc) is 2.48. The van der Waals surface area contributed by atoms with Gasteiger partial charge in [-0.1, -0.05) is 35.3 Å². The predicted octanol–water partition coefficient (Wildman–Crippen LogP) is 4.55. The summed E-state index contributed by atoms with van der Waals surface area (Å²) < 4.78 is 0. The third-order valence-corrected chi connectivity index (χ3v) is 3.63. The molecule has 0 unspecified atom stereocenters. The molecule has 3 nitrogen and oxygen atoms in total. The molecule has 2 aromatic carbocycles. The number of halogens is 2. The van der Waals surface area contributed by atoms with Crippen LogP contribution in [0.3, 0.4) is 0 Å². The van der Waals surface area contributed by atoms with Crippen molar-refractivity contribution in [3.8, 4) is 0 Å². The smallest absolute Gasteiger partial charge is 0.0890 e. The molecule has 0 aliphatic carbocycles. The molecule has 0 fully saturated rings. The molecule has 0 aliphatic rings. The van der Waals surface area contributed by atoms with Gasteiger partial charge in [0.15, 0.2) is 0 Å². The lowest BCUT2D eigenvalue weighted by Crippen LogP contribution is -2.02. The standard InChI is InChI=1S/C15H11Cl2N3/c16-12-6-5-10(7-13(12)17)18-8-11-9-19-14-3-1-2-4-15(14)20-11/h1-7,9,18H,8H2. The zero-order valence-electron chi connectivity index (χ0n) is 10.5. The number of nitrogens with zero attached hydrogens (tertiary/aromatic N) is 2. The molecule has 20 heavy (non-hydrogen) atoms. The van der Waals surface area contributed by atoms with E-state index in [1.54, 1.807) is 18.3 Å². The zero-order chi connectivity index (χ0) is 13.9. The van der Waals surface area contributed by atoms with Crippen LogP contribution in [-0.4, -0.2) is 9.97 Å². The third kappa shape index (κ3) is 2.84. The first-order valence-corrected chi connectivity index (χ1v) is 6.87. The summed E-state index contributed by atoms with van der Waals surface area (Å²) in [6.45, 7) is 0.579. The summed E-state index contributed by atoms with van der Waals surface area (Å²) in [5.41, 5.74) is 3.55. The van der Waals surface area contributed by atoms with Crippen LogP contribution in [0.1, 0.15) is 5.69 Å². The fraction of sp³-hybridized carbons (Fsp3) is 0.0667.